The number of aliphatic carboxylic acids is 2. The molecule has 0 bridgehead atoms. The topological polar surface area (TPSA) is 213 Å². The molecule has 2 rings (SSSR count). The van der Waals surface area contributed by atoms with Crippen LogP contribution >= 0.6 is 0 Å². The Morgan fingerprint density at radius 3 is 1.65 bits per heavy atom. The summed E-state index contributed by atoms with van der Waals surface area (Å²) < 4.78 is 21.0. The van der Waals surface area contributed by atoms with Crippen LogP contribution in [0.15, 0.2) is 0 Å². The van der Waals surface area contributed by atoms with Gasteiger partial charge in [-0.05, 0) is 6.42 Å². The van der Waals surface area contributed by atoms with Crippen LogP contribution in [0.3, 0.4) is 0 Å². The first-order valence-electron chi connectivity index (χ1n) is 13.0. The van der Waals surface area contributed by atoms with Gasteiger partial charge in [-0.15, -0.1) is 0 Å². The maximum Gasteiger partial charge on any atom is 0.335 e. The third kappa shape index (κ3) is 9.08. The molecule has 0 radical (unpaired) electrons. The van der Waals surface area contributed by atoms with Crippen LogP contribution in [0.4, 0.5) is 0 Å². The zero-order valence-electron chi connectivity index (χ0n) is 21.1. The molecule has 0 aromatic heterocycles. The van der Waals surface area contributed by atoms with E-state index in [0.717, 1.165) is 19.3 Å². The van der Waals surface area contributed by atoms with Crippen molar-refractivity contribution in [2.24, 2.45) is 0 Å². The molecule has 0 aromatic rings. The summed E-state index contributed by atoms with van der Waals surface area (Å²) in [5.41, 5.74) is 0. The molecule has 0 saturated carbocycles. The zero-order valence-corrected chi connectivity index (χ0v) is 21.1. The highest BCUT2D eigenvalue weighted by Gasteiger charge is 2.53. The maximum absolute atomic E-state index is 11.8. The average Bonchev–Trinajstić information content (AvgIpc) is 2.86. The van der Waals surface area contributed by atoms with Crippen LogP contribution < -0.4 is 0 Å². The molecule has 2 fully saturated rings. The lowest BCUT2D eigenvalue weighted by Crippen LogP contribution is -2.65. The van der Waals surface area contributed by atoms with Gasteiger partial charge in [0.05, 0.1) is 0 Å². The highest BCUT2D eigenvalue weighted by atomic mass is 16.7. The smallest absolute Gasteiger partial charge is 0.335 e. The number of carboxylic acids is 2. The van der Waals surface area contributed by atoms with Crippen molar-refractivity contribution in [3.63, 3.8) is 0 Å². The Kier molecular flexibility index (Phi) is 13.6. The molecule has 7 N–H and O–H groups in total. The molecule has 37 heavy (non-hydrogen) atoms. The van der Waals surface area contributed by atoms with Crippen LogP contribution in [-0.2, 0) is 28.5 Å². The summed E-state index contributed by atoms with van der Waals surface area (Å²) in [6, 6.07) is 0. The second-order valence-corrected chi connectivity index (χ2v) is 9.63. The number of hydrogen-bond acceptors (Lipinski definition) is 11. The molecule has 2 saturated heterocycles. The lowest BCUT2D eigenvalue weighted by molar-refractivity contribution is -0.350. The average molecular weight is 539 g/mol. The normalized spacial score (nSPS) is 36.4. The lowest BCUT2D eigenvalue weighted by Gasteiger charge is -2.44. The highest BCUT2D eigenvalue weighted by Crippen LogP contribution is 2.30. The largest absolute Gasteiger partial charge is 0.479 e. The van der Waals surface area contributed by atoms with E-state index < -0.39 is 73.4 Å². The molecule has 0 aromatic carbocycles. The number of unbranched alkanes of at least 4 members (excludes halogenated alkanes) is 9. The van der Waals surface area contributed by atoms with Crippen molar-refractivity contribution in [3.8, 4) is 0 Å². The summed E-state index contributed by atoms with van der Waals surface area (Å²) in [5.74, 6) is -3.24. The molecule has 0 amide bonds. The van der Waals surface area contributed by atoms with E-state index in [1.807, 2.05) is 0 Å². The van der Waals surface area contributed by atoms with E-state index in [2.05, 4.69) is 6.92 Å². The zero-order chi connectivity index (χ0) is 27.5. The summed E-state index contributed by atoms with van der Waals surface area (Å²) in [4.78, 5) is 23.1. The van der Waals surface area contributed by atoms with Crippen molar-refractivity contribution >= 4 is 11.9 Å². The van der Waals surface area contributed by atoms with Gasteiger partial charge in [0.15, 0.2) is 24.8 Å². The van der Waals surface area contributed by atoms with Crippen LogP contribution in [0, 0.1) is 0 Å². The SMILES string of the molecule is CCCCCCCCCCCCO[C@@H]1OC(C(=O)O)[C@@H](O[C@@H]2OC(C(=O)O)[C@@H](O)C(O)C2O)C(O)C1O. The van der Waals surface area contributed by atoms with E-state index in [-0.39, 0.29) is 6.61 Å². The van der Waals surface area contributed by atoms with E-state index >= 15 is 0 Å². The fourth-order valence-electron chi connectivity index (χ4n) is 4.43. The van der Waals surface area contributed by atoms with Crippen molar-refractivity contribution in [2.45, 2.75) is 133 Å². The standard InChI is InChI=1S/C24H42O13/c1-2-3-4-5-6-7-8-9-10-11-12-34-23-17(29)15(27)18(20(37-23)22(32)33)35-24-16(28)13(25)14(26)19(36-24)21(30)31/h13-20,23-29H,2-12H2,1H3,(H,30,31)(H,32,33)/t13?,14-,15?,16?,17?,18-,19?,20?,23+,24+/m0/s1. The Hall–Kier alpha value is -1.42. The molecular formula is C24H42O13. The molecule has 2 aliphatic rings. The molecule has 0 aliphatic carbocycles. The number of carboxylic acid groups (broad SMARTS) is 2. The summed E-state index contributed by atoms with van der Waals surface area (Å²) in [5, 5.41) is 69.6. The van der Waals surface area contributed by atoms with E-state index in [1.165, 1.54) is 38.5 Å². The first-order valence-corrected chi connectivity index (χ1v) is 13.0. The Bertz CT molecular complexity index is 692. The van der Waals surface area contributed by atoms with Crippen molar-refractivity contribution in [1.29, 1.82) is 0 Å². The molecule has 216 valence electrons. The van der Waals surface area contributed by atoms with Crippen molar-refractivity contribution in [2.75, 3.05) is 6.61 Å². The predicted octanol–water partition coefficient (Wildman–Crippen LogP) is -0.267. The van der Waals surface area contributed by atoms with E-state index in [1.54, 1.807) is 0 Å². The molecule has 10 atom stereocenters. The van der Waals surface area contributed by atoms with Gasteiger partial charge in [-0.25, -0.2) is 9.59 Å². The first-order chi connectivity index (χ1) is 17.6. The Labute approximate surface area is 215 Å². The van der Waals surface area contributed by atoms with Gasteiger partial charge in [0.1, 0.15) is 36.6 Å². The van der Waals surface area contributed by atoms with Gasteiger partial charge in [-0.2, -0.15) is 0 Å². The minimum Gasteiger partial charge on any atom is -0.479 e. The molecule has 2 aliphatic heterocycles. The number of aliphatic hydroxyl groups excluding tert-OH is 5. The van der Waals surface area contributed by atoms with Gasteiger partial charge < -0.3 is 54.7 Å². The van der Waals surface area contributed by atoms with Crippen LogP contribution in [0.1, 0.15) is 71.1 Å². The summed E-state index contributed by atoms with van der Waals surface area (Å²) >= 11 is 0. The van der Waals surface area contributed by atoms with Gasteiger partial charge in [0, 0.05) is 6.61 Å². The lowest BCUT2D eigenvalue weighted by atomic mass is 9.96. The molecule has 2 heterocycles. The van der Waals surface area contributed by atoms with Crippen LogP contribution in [0.25, 0.3) is 0 Å². The van der Waals surface area contributed by atoms with Crippen LogP contribution in [0.5, 0.6) is 0 Å². The van der Waals surface area contributed by atoms with Gasteiger partial charge in [0.2, 0.25) is 0 Å². The molecule has 0 spiro atoms. The third-order valence-electron chi connectivity index (χ3n) is 6.67. The number of hydrogen-bond donors (Lipinski definition) is 7. The van der Waals surface area contributed by atoms with Crippen LogP contribution in [0.2, 0.25) is 0 Å². The Morgan fingerprint density at radius 2 is 1.11 bits per heavy atom. The first kappa shape index (κ1) is 31.8. The molecule has 13 nitrogen and oxygen atoms in total. The molecular weight excluding hydrogens is 496 g/mol. The Morgan fingerprint density at radius 1 is 0.622 bits per heavy atom. The van der Waals surface area contributed by atoms with Crippen LogP contribution in [-0.4, -0.2) is 116 Å². The summed E-state index contributed by atoms with van der Waals surface area (Å²) in [7, 11) is 0. The van der Waals surface area contributed by atoms with Crippen molar-refractivity contribution < 1.29 is 64.3 Å². The Balaban J connectivity index is 1.84. The number of ether oxygens (including phenoxy) is 4. The number of carbonyl (C=O) groups is 2. The number of aliphatic hydroxyl groups is 5. The minimum atomic E-state index is -1.99. The van der Waals surface area contributed by atoms with Crippen molar-refractivity contribution in [3.05, 3.63) is 0 Å². The highest BCUT2D eigenvalue weighted by molar-refractivity contribution is 5.74. The van der Waals surface area contributed by atoms with Gasteiger partial charge in [-0.1, -0.05) is 64.7 Å². The predicted molar refractivity (Wildman–Crippen MR) is 125 cm³/mol. The number of rotatable bonds is 16. The quantitative estimate of drug-likeness (QED) is 0.126. The van der Waals surface area contributed by atoms with E-state index in [9.17, 15) is 40.2 Å². The van der Waals surface area contributed by atoms with E-state index in [0.29, 0.717) is 6.42 Å². The van der Waals surface area contributed by atoms with E-state index in [4.69, 9.17) is 24.1 Å². The second kappa shape index (κ2) is 15.9. The monoisotopic (exact) mass is 538 g/mol. The van der Waals surface area contributed by atoms with Gasteiger partial charge >= 0.3 is 11.9 Å². The molecule has 6 unspecified atom stereocenters. The minimum absolute atomic E-state index is 0.164. The fourth-order valence-corrected chi connectivity index (χ4v) is 4.43. The van der Waals surface area contributed by atoms with Gasteiger partial charge in [-0.3, -0.25) is 0 Å². The molecule has 13 heteroatoms. The maximum atomic E-state index is 11.8. The summed E-state index contributed by atoms with van der Waals surface area (Å²) in [6.45, 7) is 2.35. The van der Waals surface area contributed by atoms with Crippen molar-refractivity contribution in [1.82, 2.24) is 0 Å². The van der Waals surface area contributed by atoms with Gasteiger partial charge in [0.25, 0.3) is 0 Å². The fraction of sp³-hybridized carbons (Fsp3) is 0.917. The summed E-state index contributed by atoms with van der Waals surface area (Å²) in [6.07, 6.45) is -7.60. The second-order valence-electron chi connectivity index (χ2n) is 9.63. The third-order valence-corrected chi connectivity index (χ3v) is 6.67.